The fourth-order valence-electron chi connectivity index (χ4n) is 2.91. The Kier molecular flexibility index (Phi) is 8.43. The number of nitrogens with one attached hydrogen (secondary N) is 1. The van der Waals surface area contributed by atoms with Crippen LogP contribution in [0.1, 0.15) is 35.7 Å². The number of carbonyl (C=O) groups excluding carboxylic acids is 2. The Labute approximate surface area is 177 Å². The maximum atomic E-state index is 12.0. The van der Waals surface area contributed by atoms with Crippen LogP contribution in [0.15, 0.2) is 48.2 Å². The van der Waals surface area contributed by atoms with Gasteiger partial charge >= 0.3 is 0 Å². The van der Waals surface area contributed by atoms with E-state index in [9.17, 15) is 9.59 Å². The number of nitrogen functional groups attached to an aromatic ring is 1. The number of hydrogen-bond acceptors (Lipinski definition) is 6. The first kappa shape index (κ1) is 23.0. The van der Waals surface area contributed by atoms with Crippen molar-refractivity contribution >= 4 is 23.6 Å². The molecule has 1 aliphatic rings. The predicted molar refractivity (Wildman–Crippen MR) is 122 cm³/mol. The molecule has 1 heterocycles. The molecule has 0 aromatic heterocycles. The fourth-order valence-corrected chi connectivity index (χ4v) is 2.91. The van der Waals surface area contributed by atoms with E-state index >= 15 is 0 Å². The minimum Gasteiger partial charge on any atom is -0.398 e. The lowest BCUT2D eigenvalue weighted by Crippen LogP contribution is -2.32. The minimum atomic E-state index is -0.424. The Balaban J connectivity index is 0.000000558. The van der Waals surface area contributed by atoms with Crippen LogP contribution in [0.2, 0.25) is 0 Å². The third-order valence-electron chi connectivity index (χ3n) is 4.88. The van der Waals surface area contributed by atoms with Gasteiger partial charge in [-0.2, -0.15) is 0 Å². The van der Waals surface area contributed by atoms with Gasteiger partial charge in [0.05, 0.1) is 5.70 Å². The first-order chi connectivity index (χ1) is 14.4. The van der Waals surface area contributed by atoms with E-state index in [1.807, 2.05) is 19.1 Å². The Morgan fingerprint density at radius 1 is 1.17 bits per heavy atom. The van der Waals surface area contributed by atoms with E-state index in [2.05, 4.69) is 17.3 Å². The average molecular weight is 410 g/mol. The minimum absolute atomic E-state index is 0.0704. The normalized spacial score (nSPS) is 13.9. The summed E-state index contributed by atoms with van der Waals surface area (Å²) in [5, 5.41) is 2.68. The van der Waals surface area contributed by atoms with E-state index in [4.69, 9.17) is 17.2 Å². The number of nitrogens with two attached hydrogens (primary N) is 3. The summed E-state index contributed by atoms with van der Waals surface area (Å²) in [6, 6.07) is 12.4. The van der Waals surface area contributed by atoms with Gasteiger partial charge in [-0.3, -0.25) is 9.59 Å². The Bertz CT molecular complexity index is 920. The van der Waals surface area contributed by atoms with Crippen molar-refractivity contribution in [1.82, 2.24) is 10.2 Å². The van der Waals surface area contributed by atoms with Crippen molar-refractivity contribution in [2.75, 3.05) is 32.4 Å². The highest BCUT2D eigenvalue weighted by molar-refractivity contribution is 6.01. The van der Waals surface area contributed by atoms with Crippen LogP contribution in [-0.2, 0) is 4.79 Å². The molecule has 7 heteroatoms. The molecule has 1 fully saturated rings. The number of likely N-dealkylation sites (tertiary alicyclic amines) is 1. The number of hydrogen-bond donors (Lipinski definition) is 4. The average Bonchev–Trinajstić information content (AvgIpc) is 2.75. The molecule has 30 heavy (non-hydrogen) atoms. The van der Waals surface area contributed by atoms with Crippen LogP contribution in [-0.4, -0.2) is 43.8 Å². The van der Waals surface area contributed by atoms with Gasteiger partial charge in [0.2, 0.25) is 0 Å². The van der Waals surface area contributed by atoms with Gasteiger partial charge in [0, 0.05) is 28.9 Å². The van der Waals surface area contributed by atoms with Crippen LogP contribution >= 0.6 is 0 Å². The number of amides is 1. The summed E-state index contributed by atoms with van der Waals surface area (Å²) in [7, 11) is 2.14. The molecule has 2 aromatic carbocycles. The molecule has 160 valence electrons. The predicted octanol–water partition coefficient (Wildman–Crippen LogP) is 2.18. The van der Waals surface area contributed by atoms with E-state index in [0.29, 0.717) is 28.9 Å². The topological polar surface area (TPSA) is 127 Å². The molecular weight excluding hydrogens is 378 g/mol. The van der Waals surface area contributed by atoms with Crippen molar-refractivity contribution < 1.29 is 9.59 Å². The summed E-state index contributed by atoms with van der Waals surface area (Å²) in [4.78, 5) is 25.3. The number of rotatable bonds is 6. The van der Waals surface area contributed by atoms with Crippen molar-refractivity contribution in [3.05, 3.63) is 59.3 Å². The summed E-state index contributed by atoms with van der Waals surface area (Å²) < 4.78 is 0. The lowest BCUT2D eigenvalue weighted by atomic mass is 9.97. The van der Waals surface area contributed by atoms with Crippen LogP contribution in [0.25, 0.3) is 16.8 Å². The summed E-state index contributed by atoms with van der Waals surface area (Å²) >= 11 is 0. The number of anilines is 1. The third-order valence-corrected chi connectivity index (χ3v) is 4.88. The SMILES string of the molecule is CCCNC(=O)/C(N)=C(\N)c1cccc(-c2cccc(C=O)c2)c1N.CN1CCC1. The van der Waals surface area contributed by atoms with E-state index in [-0.39, 0.29) is 11.4 Å². The second-order valence-electron chi connectivity index (χ2n) is 7.25. The standard InChI is InChI=1S/C19H22N4O2.C4H9N/c1-2-9-23-19(25)18(22)17(21)15-8-4-7-14(16(15)20)13-6-3-5-12(10-13)11-24;1-5-3-2-4-5/h3-8,10-11H,2,9,20-22H2,1H3,(H,23,25);2-4H2,1H3/b18-17+;. The Morgan fingerprint density at radius 2 is 1.83 bits per heavy atom. The van der Waals surface area contributed by atoms with Crippen molar-refractivity contribution in [2.24, 2.45) is 11.5 Å². The van der Waals surface area contributed by atoms with Crippen LogP contribution in [0.3, 0.4) is 0 Å². The lowest BCUT2D eigenvalue weighted by molar-refractivity contribution is -0.117. The fraction of sp³-hybridized carbons (Fsp3) is 0.304. The highest BCUT2D eigenvalue weighted by Crippen LogP contribution is 2.31. The molecule has 0 aliphatic carbocycles. The zero-order chi connectivity index (χ0) is 22.1. The van der Waals surface area contributed by atoms with Crippen molar-refractivity contribution in [1.29, 1.82) is 0 Å². The molecule has 0 bridgehead atoms. The molecule has 7 nitrogen and oxygen atoms in total. The zero-order valence-electron chi connectivity index (χ0n) is 17.7. The summed E-state index contributed by atoms with van der Waals surface area (Å²) in [6.45, 7) is 5.10. The monoisotopic (exact) mass is 409 g/mol. The van der Waals surface area contributed by atoms with E-state index in [1.54, 1.807) is 30.3 Å². The molecule has 3 rings (SSSR count). The second kappa shape index (κ2) is 11.0. The number of carbonyl (C=O) groups is 2. The Hall–Kier alpha value is -3.32. The molecule has 1 saturated heterocycles. The molecule has 2 aromatic rings. The van der Waals surface area contributed by atoms with Crippen LogP contribution in [0.5, 0.6) is 0 Å². The van der Waals surface area contributed by atoms with Crippen LogP contribution < -0.4 is 22.5 Å². The molecule has 7 N–H and O–H groups in total. The van der Waals surface area contributed by atoms with Crippen LogP contribution in [0, 0.1) is 0 Å². The quantitative estimate of drug-likeness (QED) is 0.329. The molecular formula is C23H31N5O2. The molecule has 1 aliphatic heterocycles. The lowest BCUT2D eigenvalue weighted by Gasteiger charge is -2.24. The van der Waals surface area contributed by atoms with Crippen molar-refractivity contribution in [2.45, 2.75) is 19.8 Å². The van der Waals surface area contributed by atoms with Crippen molar-refractivity contribution in [3.8, 4) is 11.1 Å². The largest absolute Gasteiger partial charge is 0.398 e. The van der Waals surface area contributed by atoms with E-state index < -0.39 is 5.91 Å². The molecule has 0 radical (unpaired) electrons. The number of benzene rings is 2. The van der Waals surface area contributed by atoms with Gasteiger partial charge in [0.25, 0.3) is 5.91 Å². The highest BCUT2D eigenvalue weighted by Gasteiger charge is 2.15. The van der Waals surface area contributed by atoms with Gasteiger partial charge in [-0.25, -0.2) is 0 Å². The smallest absolute Gasteiger partial charge is 0.269 e. The van der Waals surface area contributed by atoms with E-state index in [0.717, 1.165) is 18.3 Å². The number of nitrogens with zero attached hydrogens (tertiary/aromatic N) is 1. The van der Waals surface area contributed by atoms with Gasteiger partial charge in [0.1, 0.15) is 12.0 Å². The maximum Gasteiger partial charge on any atom is 0.269 e. The molecule has 0 saturated carbocycles. The molecule has 0 spiro atoms. The molecule has 1 amide bonds. The van der Waals surface area contributed by atoms with Gasteiger partial charge in [-0.05, 0) is 44.6 Å². The summed E-state index contributed by atoms with van der Waals surface area (Å²) in [6.07, 6.45) is 2.98. The maximum absolute atomic E-state index is 12.0. The summed E-state index contributed by atoms with van der Waals surface area (Å²) in [5.74, 6) is -0.424. The first-order valence-electron chi connectivity index (χ1n) is 10.1. The second-order valence-corrected chi connectivity index (χ2v) is 7.25. The summed E-state index contributed by atoms with van der Waals surface area (Å²) in [5.41, 5.74) is 21.2. The van der Waals surface area contributed by atoms with E-state index in [1.165, 1.54) is 19.5 Å². The van der Waals surface area contributed by atoms with Gasteiger partial charge < -0.3 is 27.4 Å². The third kappa shape index (κ3) is 5.84. The molecule has 0 atom stereocenters. The van der Waals surface area contributed by atoms with Gasteiger partial charge in [-0.1, -0.05) is 43.3 Å². The van der Waals surface area contributed by atoms with Crippen LogP contribution in [0.4, 0.5) is 5.69 Å². The Morgan fingerprint density at radius 3 is 2.40 bits per heavy atom. The van der Waals surface area contributed by atoms with Gasteiger partial charge in [-0.15, -0.1) is 0 Å². The first-order valence-corrected chi connectivity index (χ1v) is 10.1. The van der Waals surface area contributed by atoms with Gasteiger partial charge in [0.15, 0.2) is 0 Å². The zero-order valence-corrected chi connectivity index (χ0v) is 17.7. The molecule has 0 unspecified atom stereocenters. The van der Waals surface area contributed by atoms with Crippen molar-refractivity contribution in [3.63, 3.8) is 0 Å². The highest BCUT2D eigenvalue weighted by atomic mass is 16.2. The number of para-hydroxylation sites is 1. The number of aldehydes is 1.